The molecule has 0 amide bonds. The van der Waals surface area contributed by atoms with Crippen molar-refractivity contribution < 1.29 is 14.3 Å². The maximum atomic E-state index is 11.6. The number of carbonyl (C=O) groups is 1. The number of benzene rings is 2. The Labute approximate surface area is 175 Å². The van der Waals surface area contributed by atoms with Crippen molar-refractivity contribution in [3.8, 4) is 28.5 Å². The number of halogens is 1. The van der Waals surface area contributed by atoms with Crippen LogP contribution >= 0.6 is 11.6 Å². The number of ether oxygens (including phenoxy) is 2. The monoisotopic (exact) mass is 413 g/mol. The summed E-state index contributed by atoms with van der Waals surface area (Å²) in [7, 11) is 6.03. The van der Waals surface area contributed by atoms with Crippen LogP contribution in [0.3, 0.4) is 0 Å². The van der Waals surface area contributed by atoms with E-state index in [9.17, 15) is 4.79 Å². The molecule has 0 bridgehead atoms. The van der Waals surface area contributed by atoms with Gasteiger partial charge < -0.3 is 18.9 Å². The Morgan fingerprint density at radius 3 is 2.48 bits per heavy atom. The molecule has 6 nitrogen and oxygen atoms in total. The normalized spacial score (nSPS) is 11.0. The summed E-state index contributed by atoms with van der Waals surface area (Å²) in [4.78, 5) is 18.1. The highest BCUT2D eigenvalue weighted by Crippen LogP contribution is 2.35. The number of hydrogen-bond donors (Lipinski definition) is 0. The van der Waals surface area contributed by atoms with Gasteiger partial charge in [-0.25, -0.2) is 4.98 Å². The molecule has 1 heterocycles. The SMILES string of the molecule is CCOc1cc(Cl)cc(Oc2ccc(-c3cnc(CN(C)C)n3C)cc2)c1C=O. The molecule has 1 aromatic heterocycles. The molecule has 0 aliphatic heterocycles. The number of hydrogen-bond acceptors (Lipinski definition) is 5. The van der Waals surface area contributed by atoms with Crippen LogP contribution in [0.1, 0.15) is 23.1 Å². The van der Waals surface area contributed by atoms with Crippen molar-refractivity contribution in [2.45, 2.75) is 13.5 Å². The fourth-order valence-electron chi connectivity index (χ4n) is 3.01. The Balaban J connectivity index is 1.85. The molecular weight excluding hydrogens is 390 g/mol. The minimum Gasteiger partial charge on any atom is -0.493 e. The second-order valence-corrected chi connectivity index (χ2v) is 7.29. The van der Waals surface area contributed by atoms with Crippen LogP contribution in [0.25, 0.3) is 11.3 Å². The van der Waals surface area contributed by atoms with Gasteiger partial charge in [-0.15, -0.1) is 0 Å². The quantitative estimate of drug-likeness (QED) is 0.496. The third-order valence-electron chi connectivity index (χ3n) is 4.41. The molecule has 3 rings (SSSR count). The fourth-order valence-corrected chi connectivity index (χ4v) is 3.21. The summed E-state index contributed by atoms with van der Waals surface area (Å²) in [5.74, 6) is 2.35. The van der Waals surface area contributed by atoms with Crippen LogP contribution in [0.4, 0.5) is 0 Å². The maximum Gasteiger partial charge on any atom is 0.157 e. The summed E-state index contributed by atoms with van der Waals surface area (Å²) >= 11 is 6.15. The van der Waals surface area contributed by atoms with Gasteiger partial charge in [-0.2, -0.15) is 0 Å². The predicted octanol–water partition coefficient (Wildman–Crippen LogP) is 4.81. The Kier molecular flexibility index (Phi) is 6.56. The molecule has 0 N–H and O–H groups in total. The summed E-state index contributed by atoms with van der Waals surface area (Å²) in [5, 5.41) is 0.439. The smallest absolute Gasteiger partial charge is 0.157 e. The lowest BCUT2D eigenvalue weighted by Crippen LogP contribution is -2.14. The first-order valence-corrected chi connectivity index (χ1v) is 9.65. The highest BCUT2D eigenvalue weighted by molar-refractivity contribution is 6.31. The van der Waals surface area contributed by atoms with E-state index in [2.05, 4.69) is 14.5 Å². The number of carbonyl (C=O) groups excluding carboxylic acids is 1. The van der Waals surface area contributed by atoms with Crippen molar-refractivity contribution in [2.75, 3.05) is 20.7 Å². The molecule has 0 radical (unpaired) electrons. The van der Waals surface area contributed by atoms with Crippen LogP contribution in [-0.2, 0) is 13.6 Å². The van der Waals surface area contributed by atoms with Gasteiger partial charge in [-0.1, -0.05) is 11.6 Å². The lowest BCUT2D eigenvalue weighted by molar-refractivity contribution is 0.111. The van der Waals surface area contributed by atoms with E-state index in [-0.39, 0.29) is 0 Å². The number of nitrogens with zero attached hydrogens (tertiary/aromatic N) is 3. The average molecular weight is 414 g/mol. The molecule has 29 heavy (non-hydrogen) atoms. The summed E-state index contributed by atoms with van der Waals surface area (Å²) in [6.45, 7) is 3.04. The number of imidazole rings is 1. The van der Waals surface area contributed by atoms with E-state index in [0.717, 1.165) is 23.6 Å². The van der Waals surface area contributed by atoms with Crippen LogP contribution in [0, 0.1) is 0 Å². The molecule has 0 aliphatic carbocycles. The Morgan fingerprint density at radius 2 is 1.86 bits per heavy atom. The summed E-state index contributed by atoms with van der Waals surface area (Å²) in [5.41, 5.74) is 2.37. The Bertz CT molecular complexity index is 997. The molecule has 0 unspecified atom stereocenters. The average Bonchev–Trinajstić information content (AvgIpc) is 3.02. The third-order valence-corrected chi connectivity index (χ3v) is 4.62. The van der Waals surface area contributed by atoms with Gasteiger partial charge in [0.25, 0.3) is 0 Å². The highest BCUT2D eigenvalue weighted by Gasteiger charge is 2.14. The molecule has 3 aromatic rings. The largest absolute Gasteiger partial charge is 0.493 e. The Hall–Kier alpha value is -2.83. The van der Waals surface area contributed by atoms with Crippen molar-refractivity contribution in [3.63, 3.8) is 0 Å². The maximum absolute atomic E-state index is 11.6. The van der Waals surface area contributed by atoms with Gasteiger partial charge in [0, 0.05) is 23.7 Å². The van der Waals surface area contributed by atoms with Gasteiger partial charge >= 0.3 is 0 Å². The molecule has 0 fully saturated rings. The zero-order valence-corrected chi connectivity index (χ0v) is 17.7. The van der Waals surface area contributed by atoms with Gasteiger partial charge in [0.05, 0.1) is 30.6 Å². The summed E-state index contributed by atoms with van der Waals surface area (Å²) < 4.78 is 13.5. The molecule has 0 spiro atoms. The summed E-state index contributed by atoms with van der Waals surface area (Å²) in [6, 6.07) is 10.8. The number of aromatic nitrogens is 2. The first-order chi connectivity index (χ1) is 13.9. The molecule has 2 aromatic carbocycles. The minimum atomic E-state index is 0.334. The van der Waals surface area contributed by atoms with Crippen LogP contribution in [0.15, 0.2) is 42.6 Å². The molecule has 0 saturated heterocycles. The van der Waals surface area contributed by atoms with Crippen molar-refractivity contribution in [3.05, 3.63) is 59.0 Å². The topological polar surface area (TPSA) is 56.6 Å². The lowest BCUT2D eigenvalue weighted by Gasteiger charge is -2.13. The zero-order valence-electron chi connectivity index (χ0n) is 17.0. The standard InChI is InChI=1S/C22H24ClN3O3/c1-5-28-20-10-16(23)11-21(18(20)14-27)29-17-8-6-15(7-9-17)19-12-24-22(26(19)4)13-25(2)3/h6-12,14H,5,13H2,1-4H3. The van der Waals surface area contributed by atoms with E-state index < -0.39 is 0 Å². The van der Waals surface area contributed by atoms with Crippen LogP contribution in [-0.4, -0.2) is 41.4 Å². The number of aldehydes is 1. The highest BCUT2D eigenvalue weighted by atomic mass is 35.5. The van der Waals surface area contributed by atoms with Crippen molar-refractivity contribution in [2.24, 2.45) is 7.05 Å². The Morgan fingerprint density at radius 1 is 1.17 bits per heavy atom. The van der Waals surface area contributed by atoms with Crippen LogP contribution < -0.4 is 9.47 Å². The van der Waals surface area contributed by atoms with Crippen molar-refractivity contribution in [1.82, 2.24) is 14.5 Å². The van der Waals surface area contributed by atoms with Gasteiger partial charge in [0.2, 0.25) is 0 Å². The van der Waals surface area contributed by atoms with E-state index >= 15 is 0 Å². The van der Waals surface area contributed by atoms with Gasteiger partial charge in [0.1, 0.15) is 23.1 Å². The second kappa shape index (κ2) is 9.11. The van der Waals surface area contributed by atoms with E-state index in [4.69, 9.17) is 21.1 Å². The van der Waals surface area contributed by atoms with Gasteiger partial charge in [-0.05, 0) is 51.4 Å². The minimum absolute atomic E-state index is 0.334. The molecular formula is C22H24ClN3O3. The van der Waals surface area contributed by atoms with Crippen LogP contribution in [0.5, 0.6) is 17.2 Å². The molecule has 7 heteroatoms. The lowest BCUT2D eigenvalue weighted by atomic mass is 10.1. The van der Waals surface area contributed by atoms with Crippen molar-refractivity contribution >= 4 is 17.9 Å². The van der Waals surface area contributed by atoms with Crippen molar-refractivity contribution in [1.29, 1.82) is 0 Å². The first-order valence-electron chi connectivity index (χ1n) is 9.28. The molecule has 152 valence electrons. The summed E-state index contributed by atoms with van der Waals surface area (Å²) in [6.07, 6.45) is 2.58. The van der Waals surface area contributed by atoms with E-state index in [1.165, 1.54) is 0 Å². The van der Waals surface area contributed by atoms with E-state index in [1.807, 2.05) is 58.5 Å². The number of rotatable bonds is 8. The van der Waals surface area contributed by atoms with E-state index in [0.29, 0.717) is 40.7 Å². The van der Waals surface area contributed by atoms with Crippen LogP contribution in [0.2, 0.25) is 5.02 Å². The van der Waals surface area contributed by atoms with E-state index in [1.54, 1.807) is 12.1 Å². The second-order valence-electron chi connectivity index (χ2n) is 6.85. The first kappa shape index (κ1) is 20.9. The zero-order chi connectivity index (χ0) is 21.0. The van der Waals surface area contributed by atoms with Gasteiger partial charge in [-0.3, -0.25) is 4.79 Å². The van der Waals surface area contributed by atoms with Gasteiger partial charge in [0.15, 0.2) is 6.29 Å². The fraction of sp³-hybridized carbons (Fsp3) is 0.273. The third kappa shape index (κ3) is 4.78. The molecule has 0 atom stereocenters. The molecule has 0 aliphatic rings. The predicted molar refractivity (Wildman–Crippen MR) is 114 cm³/mol. The molecule has 0 saturated carbocycles.